The predicted octanol–water partition coefficient (Wildman–Crippen LogP) is 1.35. The van der Waals surface area contributed by atoms with Gasteiger partial charge in [-0.3, -0.25) is 4.79 Å². The highest BCUT2D eigenvalue weighted by Crippen LogP contribution is 2.23. The van der Waals surface area contributed by atoms with Gasteiger partial charge in [0, 0.05) is 5.92 Å². The zero-order valence-electron chi connectivity index (χ0n) is 5.89. The molecule has 0 aromatic rings. The minimum atomic E-state index is -0.0330. The fourth-order valence-electron chi connectivity index (χ4n) is 1.21. The SMILES string of the molecule is CC[C@H]1OC(=O)C[C@@H]1C. The largest absolute Gasteiger partial charge is 0.462 e. The summed E-state index contributed by atoms with van der Waals surface area (Å²) >= 11 is 0. The molecule has 0 aromatic heterocycles. The van der Waals surface area contributed by atoms with Crippen LogP contribution >= 0.6 is 0 Å². The molecular weight excluding hydrogens is 116 g/mol. The molecule has 0 bridgehead atoms. The van der Waals surface area contributed by atoms with Crippen LogP contribution in [0.15, 0.2) is 0 Å². The van der Waals surface area contributed by atoms with Gasteiger partial charge in [-0.15, -0.1) is 0 Å². The number of hydrogen-bond donors (Lipinski definition) is 0. The minimum absolute atomic E-state index is 0.0330. The lowest BCUT2D eigenvalue weighted by atomic mass is 10.0. The van der Waals surface area contributed by atoms with Gasteiger partial charge in [-0.25, -0.2) is 0 Å². The van der Waals surface area contributed by atoms with Crippen LogP contribution in [0.4, 0.5) is 0 Å². The third kappa shape index (κ3) is 1.23. The zero-order chi connectivity index (χ0) is 6.85. The first-order valence-corrected chi connectivity index (χ1v) is 3.43. The molecule has 0 aliphatic carbocycles. The Morgan fingerprint density at radius 1 is 1.78 bits per heavy atom. The molecule has 1 rings (SSSR count). The molecular formula is C7H12O2. The molecule has 0 radical (unpaired) electrons. The van der Waals surface area contributed by atoms with Crippen molar-refractivity contribution in [2.75, 3.05) is 0 Å². The van der Waals surface area contributed by atoms with Gasteiger partial charge in [0.2, 0.25) is 0 Å². The Bertz CT molecular complexity index is 120. The molecule has 2 nitrogen and oxygen atoms in total. The quantitative estimate of drug-likeness (QED) is 0.498. The van der Waals surface area contributed by atoms with Crippen molar-refractivity contribution in [1.29, 1.82) is 0 Å². The molecule has 0 spiro atoms. The topological polar surface area (TPSA) is 26.3 Å². The van der Waals surface area contributed by atoms with Gasteiger partial charge in [0.1, 0.15) is 6.10 Å². The van der Waals surface area contributed by atoms with Crippen molar-refractivity contribution >= 4 is 5.97 Å². The fourth-order valence-corrected chi connectivity index (χ4v) is 1.21. The second-order valence-electron chi connectivity index (χ2n) is 2.62. The van der Waals surface area contributed by atoms with Crippen LogP contribution in [0.1, 0.15) is 26.7 Å². The molecule has 9 heavy (non-hydrogen) atoms. The van der Waals surface area contributed by atoms with Gasteiger partial charge < -0.3 is 4.74 Å². The highest BCUT2D eigenvalue weighted by atomic mass is 16.5. The molecule has 2 heteroatoms. The van der Waals surface area contributed by atoms with Crippen LogP contribution in [0.2, 0.25) is 0 Å². The first-order valence-electron chi connectivity index (χ1n) is 3.43. The van der Waals surface area contributed by atoms with E-state index in [1.54, 1.807) is 0 Å². The summed E-state index contributed by atoms with van der Waals surface area (Å²) in [5.74, 6) is 0.400. The number of esters is 1. The van der Waals surface area contributed by atoms with Crippen LogP contribution in [0.5, 0.6) is 0 Å². The van der Waals surface area contributed by atoms with Crippen molar-refractivity contribution in [2.24, 2.45) is 5.92 Å². The lowest BCUT2D eigenvalue weighted by Crippen LogP contribution is -2.10. The van der Waals surface area contributed by atoms with E-state index in [9.17, 15) is 4.79 Å². The Morgan fingerprint density at radius 2 is 2.44 bits per heavy atom. The maximum Gasteiger partial charge on any atom is 0.306 e. The van der Waals surface area contributed by atoms with Crippen molar-refractivity contribution < 1.29 is 9.53 Å². The minimum Gasteiger partial charge on any atom is -0.462 e. The van der Waals surface area contributed by atoms with Crippen molar-refractivity contribution in [3.8, 4) is 0 Å². The zero-order valence-corrected chi connectivity index (χ0v) is 5.89. The van der Waals surface area contributed by atoms with Gasteiger partial charge in [-0.2, -0.15) is 0 Å². The molecule has 52 valence electrons. The summed E-state index contributed by atoms with van der Waals surface area (Å²) in [4.78, 5) is 10.6. The Kier molecular flexibility index (Phi) is 1.74. The molecule has 2 atom stereocenters. The van der Waals surface area contributed by atoms with E-state index < -0.39 is 0 Å². The summed E-state index contributed by atoms with van der Waals surface area (Å²) in [6.07, 6.45) is 1.75. The third-order valence-corrected chi connectivity index (χ3v) is 1.81. The Balaban J connectivity index is 2.47. The lowest BCUT2D eigenvalue weighted by molar-refractivity contribution is -0.141. The summed E-state index contributed by atoms with van der Waals surface area (Å²) < 4.78 is 4.98. The van der Waals surface area contributed by atoms with Gasteiger partial charge in [-0.1, -0.05) is 13.8 Å². The van der Waals surface area contributed by atoms with Gasteiger partial charge in [0.25, 0.3) is 0 Å². The van der Waals surface area contributed by atoms with E-state index in [1.807, 2.05) is 6.92 Å². The van der Waals surface area contributed by atoms with E-state index in [2.05, 4.69) is 6.92 Å². The molecule has 1 aliphatic heterocycles. The maximum absolute atomic E-state index is 10.6. The summed E-state index contributed by atoms with van der Waals surface area (Å²) in [6.45, 7) is 4.10. The summed E-state index contributed by atoms with van der Waals surface area (Å²) in [7, 11) is 0. The third-order valence-electron chi connectivity index (χ3n) is 1.81. The van der Waals surface area contributed by atoms with Crippen molar-refractivity contribution in [2.45, 2.75) is 32.8 Å². The number of hydrogen-bond acceptors (Lipinski definition) is 2. The van der Waals surface area contributed by atoms with Crippen molar-refractivity contribution in [3.63, 3.8) is 0 Å². The van der Waals surface area contributed by atoms with E-state index in [0.717, 1.165) is 6.42 Å². The first-order chi connectivity index (χ1) is 4.24. The van der Waals surface area contributed by atoms with Crippen molar-refractivity contribution in [1.82, 2.24) is 0 Å². The van der Waals surface area contributed by atoms with Gasteiger partial charge in [-0.05, 0) is 6.42 Å². The summed E-state index contributed by atoms with van der Waals surface area (Å²) in [5.41, 5.74) is 0. The average molecular weight is 128 g/mol. The standard InChI is InChI=1S/C7H12O2/c1-3-6-5(2)4-7(8)9-6/h5-6H,3-4H2,1-2H3/t5-,6+/m0/s1. The molecule has 1 saturated heterocycles. The molecule has 1 fully saturated rings. The van der Waals surface area contributed by atoms with Crippen molar-refractivity contribution in [3.05, 3.63) is 0 Å². The second-order valence-corrected chi connectivity index (χ2v) is 2.62. The van der Waals surface area contributed by atoms with Crippen LogP contribution in [0.3, 0.4) is 0 Å². The fraction of sp³-hybridized carbons (Fsp3) is 0.857. The second kappa shape index (κ2) is 2.38. The predicted molar refractivity (Wildman–Crippen MR) is 34.0 cm³/mol. The van der Waals surface area contributed by atoms with Crippen LogP contribution in [0.25, 0.3) is 0 Å². The van der Waals surface area contributed by atoms with E-state index in [1.165, 1.54) is 0 Å². The number of rotatable bonds is 1. The molecule has 0 unspecified atom stereocenters. The highest BCUT2D eigenvalue weighted by Gasteiger charge is 2.29. The summed E-state index contributed by atoms with van der Waals surface area (Å²) in [5, 5.41) is 0. The first kappa shape index (κ1) is 6.59. The Morgan fingerprint density at radius 3 is 2.67 bits per heavy atom. The van der Waals surface area contributed by atoms with Crippen LogP contribution in [0, 0.1) is 5.92 Å². The maximum atomic E-state index is 10.6. The van der Waals surface area contributed by atoms with Gasteiger partial charge in [0.05, 0.1) is 6.42 Å². The average Bonchev–Trinajstić information content (AvgIpc) is 2.10. The molecule has 1 aliphatic rings. The van der Waals surface area contributed by atoms with Crippen LogP contribution < -0.4 is 0 Å². The smallest absolute Gasteiger partial charge is 0.306 e. The molecule has 0 N–H and O–H groups in total. The van der Waals surface area contributed by atoms with Gasteiger partial charge >= 0.3 is 5.97 Å². The van der Waals surface area contributed by atoms with E-state index in [0.29, 0.717) is 12.3 Å². The van der Waals surface area contributed by atoms with E-state index >= 15 is 0 Å². The van der Waals surface area contributed by atoms with Crippen LogP contribution in [-0.4, -0.2) is 12.1 Å². The molecule has 0 amide bonds. The molecule has 0 saturated carbocycles. The van der Waals surface area contributed by atoms with Gasteiger partial charge in [0.15, 0.2) is 0 Å². The number of carbonyl (C=O) groups is 1. The lowest BCUT2D eigenvalue weighted by Gasteiger charge is -2.08. The number of carbonyl (C=O) groups excluding carboxylic acids is 1. The normalized spacial score (nSPS) is 34.7. The van der Waals surface area contributed by atoms with E-state index in [4.69, 9.17) is 4.74 Å². The van der Waals surface area contributed by atoms with Crippen LogP contribution in [-0.2, 0) is 9.53 Å². The Hall–Kier alpha value is -0.530. The summed E-state index contributed by atoms with van der Waals surface area (Å²) in [6, 6.07) is 0. The monoisotopic (exact) mass is 128 g/mol. The Labute approximate surface area is 55.2 Å². The van der Waals surface area contributed by atoms with E-state index in [-0.39, 0.29) is 12.1 Å². The number of cyclic esters (lactones) is 1. The molecule has 0 aromatic carbocycles. The highest BCUT2D eigenvalue weighted by molar-refractivity contribution is 5.71. The number of ether oxygens (including phenoxy) is 1. The molecule has 1 heterocycles.